The lowest BCUT2D eigenvalue weighted by Gasteiger charge is -2.32. The van der Waals surface area contributed by atoms with Crippen LogP contribution in [0.5, 0.6) is 0 Å². The molecule has 0 aromatic heterocycles. The molecule has 4 rings (SSSR count). The van der Waals surface area contributed by atoms with Gasteiger partial charge in [0.15, 0.2) is 5.78 Å². The molecular formula is C44H70N6O3. The van der Waals surface area contributed by atoms with Crippen molar-refractivity contribution in [1.82, 2.24) is 15.5 Å². The van der Waals surface area contributed by atoms with Gasteiger partial charge in [0.1, 0.15) is 17.8 Å². The highest BCUT2D eigenvalue weighted by Crippen LogP contribution is 2.34. The van der Waals surface area contributed by atoms with Crippen LogP contribution in [0.15, 0.2) is 77.7 Å². The minimum absolute atomic E-state index is 0.0110. The van der Waals surface area contributed by atoms with Crippen molar-refractivity contribution in [3.8, 4) is 0 Å². The third-order valence-electron chi connectivity index (χ3n) is 11.8. The summed E-state index contributed by atoms with van der Waals surface area (Å²) in [6, 6.07) is 8.02. The van der Waals surface area contributed by atoms with Crippen LogP contribution in [0.1, 0.15) is 115 Å². The first kappa shape index (κ1) is 42.7. The van der Waals surface area contributed by atoms with E-state index in [2.05, 4.69) is 107 Å². The molecule has 2 aliphatic heterocycles. The SMILES string of the molecule is C=CC(c1ccc(C(=O)CC2CCN(CC)CC2)cc1)C1C(NC2=CCC(NC(O)CC(CC)C(C)/C=C(\ON)C(C)(C)C)C=C2)=NC[C@@H](C)CC1N. The molecule has 7 N–H and O–H groups in total. The molecule has 2 heterocycles. The highest BCUT2D eigenvalue weighted by molar-refractivity contribution is 5.96. The van der Waals surface area contributed by atoms with Crippen LogP contribution in [0.25, 0.3) is 0 Å². The Bertz CT molecular complexity index is 1450. The number of amidine groups is 1. The molecule has 0 radical (unpaired) electrons. The molecule has 0 bridgehead atoms. The van der Waals surface area contributed by atoms with Gasteiger partial charge in [-0.15, -0.1) is 6.58 Å². The number of hydrogen-bond acceptors (Lipinski definition) is 9. The Labute approximate surface area is 320 Å². The van der Waals surface area contributed by atoms with Crippen LogP contribution in [0.2, 0.25) is 0 Å². The van der Waals surface area contributed by atoms with Crippen molar-refractivity contribution in [3.63, 3.8) is 0 Å². The molecule has 1 aliphatic carbocycles. The van der Waals surface area contributed by atoms with E-state index < -0.39 is 6.23 Å². The van der Waals surface area contributed by atoms with Gasteiger partial charge in [0.05, 0.1) is 0 Å². The number of aliphatic hydroxyl groups excluding tert-OH is 1. The maximum absolute atomic E-state index is 13.2. The number of likely N-dealkylation sites (tertiary alicyclic amines) is 1. The molecule has 0 saturated carbocycles. The lowest BCUT2D eigenvalue weighted by atomic mass is 9.78. The van der Waals surface area contributed by atoms with E-state index in [-0.39, 0.29) is 47.0 Å². The van der Waals surface area contributed by atoms with Gasteiger partial charge >= 0.3 is 0 Å². The van der Waals surface area contributed by atoms with Crippen molar-refractivity contribution in [1.29, 1.82) is 0 Å². The van der Waals surface area contributed by atoms with Gasteiger partial charge < -0.3 is 25.9 Å². The first-order valence-electron chi connectivity index (χ1n) is 20.2. The number of nitrogens with zero attached hydrogens (tertiary/aromatic N) is 2. The minimum Gasteiger partial charge on any atom is -0.416 e. The molecule has 1 fully saturated rings. The van der Waals surface area contributed by atoms with Crippen LogP contribution in [-0.4, -0.2) is 66.1 Å². The average molecular weight is 731 g/mol. The van der Waals surface area contributed by atoms with Gasteiger partial charge in [-0.1, -0.05) is 97.4 Å². The number of ketones is 1. The Hall–Kier alpha value is -3.08. The van der Waals surface area contributed by atoms with E-state index >= 15 is 0 Å². The molecule has 294 valence electrons. The maximum atomic E-state index is 13.2. The summed E-state index contributed by atoms with van der Waals surface area (Å²) in [7, 11) is 0. The van der Waals surface area contributed by atoms with Crippen molar-refractivity contribution >= 4 is 11.6 Å². The zero-order valence-electron chi connectivity index (χ0n) is 33.7. The number of allylic oxidation sites excluding steroid dienone is 4. The summed E-state index contributed by atoms with van der Waals surface area (Å²) in [6.45, 7) is 23.2. The smallest absolute Gasteiger partial charge is 0.163 e. The predicted octanol–water partition coefficient (Wildman–Crippen LogP) is 7.23. The molecular weight excluding hydrogens is 661 g/mol. The van der Waals surface area contributed by atoms with Gasteiger partial charge in [-0.05, 0) is 93.1 Å². The lowest BCUT2D eigenvalue weighted by Crippen LogP contribution is -2.44. The van der Waals surface area contributed by atoms with Crippen LogP contribution in [0.3, 0.4) is 0 Å². The number of carbonyl (C=O) groups excluding carboxylic acids is 1. The second-order valence-electron chi connectivity index (χ2n) is 17.0. The minimum atomic E-state index is -0.644. The van der Waals surface area contributed by atoms with Crippen LogP contribution in [-0.2, 0) is 4.84 Å². The number of aliphatic hydroxyl groups is 1. The van der Waals surface area contributed by atoms with Gasteiger partial charge in [-0.2, -0.15) is 5.90 Å². The fourth-order valence-corrected chi connectivity index (χ4v) is 8.26. The number of Topliss-reactive ketones (excluding diaryl/α,β-unsaturated/α-hetero) is 1. The van der Waals surface area contributed by atoms with E-state index in [1.54, 1.807) is 0 Å². The van der Waals surface area contributed by atoms with Gasteiger partial charge in [0.2, 0.25) is 0 Å². The highest BCUT2D eigenvalue weighted by atomic mass is 16.6. The largest absolute Gasteiger partial charge is 0.416 e. The monoisotopic (exact) mass is 731 g/mol. The fourth-order valence-electron chi connectivity index (χ4n) is 8.26. The molecule has 1 aromatic rings. The van der Waals surface area contributed by atoms with Crippen LogP contribution < -0.4 is 22.3 Å². The van der Waals surface area contributed by atoms with E-state index in [1.807, 2.05) is 18.2 Å². The summed E-state index contributed by atoms with van der Waals surface area (Å²) < 4.78 is 0. The molecule has 1 aromatic carbocycles. The average Bonchev–Trinajstić information content (AvgIpc) is 3.27. The van der Waals surface area contributed by atoms with E-state index in [0.29, 0.717) is 31.2 Å². The normalized spacial score (nSPS) is 25.7. The number of piperidine rings is 1. The Morgan fingerprint density at radius 2 is 1.89 bits per heavy atom. The van der Waals surface area contributed by atoms with E-state index in [4.69, 9.17) is 21.5 Å². The van der Waals surface area contributed by atoms with Gasteiger partial charge in [0, 0.05) is 53.6 Å². The fraction of sp³-hybridized carbons (Fsp3) is 0.636. The molecule has 8 atom stereocenters. The zero-order chi connectivity index (χ0) is 38.7. The molecule has 9 nitrogen and oxygen atoms in total. The first-order valence-corrected chi connectivity index (χ1v) is 20.2. The number of nitrogens with two attached hydrogens (primary N) is 2. The van der Waals surface area contributed by atoms with E-state index in [0.717, 1.165) is 80.2 Å². The van der Waals surface area contributed by atoms with E-state index in [1.165, 1.54) is 0 Å². The van der Waals surface area contributed by atoms with Crippen molar-refractivity contribution in [3.05, 3.63) is 83.8 Å². The Kier molecular flexibility index (Phi) is 16.1. The Morgan fingerprint density at radius 1 is 1.19 bits per heavy atom. The van der Waals surface area contributed by atoms with Crippen LogP contribution in [0, 0.1) is 35.0 Å². The molecule has 3 aliphatic rings. The maximum Gasteiger partial charge on any atom is 0.163 e. The Morgan fingerprint density at radius 3 is 2.45 bits per heavy atom. The summed E-state index contributed by atoms with van der Waals surface area (Å²) >= 11 is 0. The molecule has 7 unspecified atom stereocenters. The molecule has 0 amide bonds. The van der Waals surface area contributed by atoms with Crippen molar-refractivity contribution < 1.29 is 14.7 Å². The highest BCUT2D eigenvalue weighted by Gasteiger charge is 2.35. The number of aliphatic imine (C=N–C) groups is 1. The first-order chi connectivity index (χ1) is 25.3. The zero-order valence-corrected chi connectivity index (χ0v) is 33.7. The topological polar surface area (TPSA) is 138 Å². The molecule has 53 heavy (non-hydrogen) atoms. The third kappa shape index (κ3) is 12.2. The number of nitrogens with one attached hydrogen (secondary N) is 2. The molecule has 9 heteroatoms. The van der Waals surface area contributed by atoms with Gasteiger partial charge in [-0.3, -0.25) is 15.1 Å². The van der Waals surface area contributed by atoms with Gasteiger partial charge in [0.25, 0.3) is 0 Å². The number of carbonyl (C=O) groups is 1. The van der Waals surface area contributed by atoms with Crippen LogP contribution in [0.4, 0.5) is 0 Å². The second-order valence-corrected chi connectivity index (χ2v) is 17.0. The summed E-state index contributed by atoms with van der Waals surface area (Å²) in [5, 5.41) is 18.1. The lowest BCUT2D eigenvalue weighted by molar-refractivity contribution is 0.0902. The summed E-state index contributed by atoms with van der Waals surface area (Å²) in [4.78, 5) is 26.0. The van der Waals surface area contributed by atoms with Crippen molar-refractivity contribution in [2.45, 2.75) is 118 Å². The molecule has 1 saturated heterocycles. The number of benzene rings is 1. The number of rotatable bonds is 16. The summed E-state index contributed by atoms with van der Waals surface area (Å²) in [5.41, 5.74) is 9.62. The van der Waals surface area contributed by atoms with Crippen molar-refractivity contribution in [2.75, 3.05) is 26.2 Å². The quantitative estimate of drug-likeness (QED) is 0.0395. The number of hydrogen-bond donors (Lipinski definition) is 5. The van der Waals surface area contributed by atoms with Crippen LogP contribution >= 0.6 is 0 Å². The molecule has 0 spiro atoms. The summed E-state index contributed by atoms with van der Waals surface area (Å²) in [5.74, 6) is 8.58. The standard InChI is InChI=1S/C44H70N6O3/c1-9-32(30(5)25-40(53-46)44(6,7)8)27-41(52)48-35-16-18-36(19-17-35)49-43-42(38(45)24-29(4)28-47-43)37(10-2)33-12-14-34(15-13-33)39(51)26-31-20-22-50(11-3)23-21-31/h10,12-16,18-19,25,29-32,35,37-38,41-42,48,52H,2,9,11,17,20-24,26-28,45-46H2,1,3-8H3,(H,47,49)/b40-25-/t29-,30?,32?,35?,37?,38?,41?,42?/m0/s1. The second kappa shape index (κ2) is 20.0. The van der Waals surface area contributed by atoms with Crippen molar-refractivity contribution in [2.24, 2.45) is 51.6 Å². The predicted molar refractivity (Wildman–Crippen MR) is 219 cm³/mol. The Balaban J connectivity index is 1.38. The summed E-state index contributed by atoms with van der Waals surface area (Å²) in [6.07, 6.45) is 15.7. The third-order valence-corrected chi connectivity index (χ3v) is 11.8. The van der Waals surface area contributed by atoms with E-state index in [9.17, 15) is 9.90 Å². The van der Waals surface area contributed by atoms with Gasteiger partial charge in [-0.25, -0.2) is 0 Å².